The molecule has 0 amide bonds. The van der Waals surface area contributed by atoms with Gasteiger partial charge in [-0.3, -0.25) is 0 Å². The second-order valence-corrected chi connectivity index (χ2v) is 5.51. The van der Waals surface area contributed by atoms with E-state index in [2.05, 4.69) is 44.0 Å². The smallest absolute Gasteiger partial charge is 0.0848 e. The number of benzene rings is 2. The van der Waals surface area contributed by atoms with Crippen LogP contribution in [0.5, 0.6) is 0 Å². The molecular formula is C12H8Br2O. The Morgan fingerprint density at radius 1 is 1.07 bits per heavy atom. The van der Waals surface area contributed by atoms with Crippen LogP contribution >= 0.6 is 31.9 Å². The Morgan fingerprint density at radius 3 is 2.47 bits per heavy atom. The van der Waals surface area contributed by atoms with Crippen molar-refractivity contribution in [3.05, 3.63) is 44.3 Å². The minimum absolute atomic E-state index is 0.378. The topological polar surface area (TPSA) is 20.2 Å². The van der Waals surface area contributed by atoms with Crippen molar-refractivity contribution in [2.45, 2.75) is 12.5 Å². The lowest BCUT2D eigenvalue weighted by Crippen LogP contribution is -1.93. The number of aliphatic hydroxyl groups is 1. The molecule has 0 bridgehead atoms. The molecule has 0 aliphatic heterocycles. The molecule has 3 heteroatoms. The largest absolute Gasteiger partial charge is 0.388 e. The summed E-state index contributed by atoms with van der Waals surface area (Å²) in [5, 5.41) is 12.4. The van der Waals surface area contributed by atoms with E-state index in [1.165, 1.54) is 16.3 Å². The lowest BCUT2D eigenvalue weighted by Gasteiger charge is -2.06. The van der Waals surface area contributed by atoms with E-state index in [0.717, 1.165) is 14.5 Å². The van der Waals surface area contributed by atoms with Gasteiger partial charge in [-0.15, -0.1) is 0 Å². The normalized spacial score (nSPS) is 18.7. The monoisotopic (exact) mass is 326 g/mol. The van der Waals surface area contributed by atoms with Crippen LogP contribution in [0.4, 0.5) is 0 Å². The number of halogens is 2. The van der Waals surface area contributed by atoms with Gasteiger partial charge in [-0.05, 0) is 28.5 Å². The van der Waals surface area contributed by atoms with Crippen molar-refractivity contribution in [2.24, 2.45) is 0 Å². The van der Waals surface area contributed by atoms with Gasteiger partial charge < -0.3 is 5.11 Å². The highest BCUT2D eigenvalue weighted by Gasteiger charge is 2.26. The highest BCUT2D eigenvalue weighted by Crippen LogP contribution is 2.43. The molecular weight excluding hydrogens is 320 g/mol. The van der Waals surface area contributed by atoms with Gasteiger partial charge in [-0.25, -0.2) is 0 Å². The molecule has 0 fully saturated rings. The fraction of sp³-hybridized carbons (Fsp3) is 0.167. The second-order valence-electron chi connectivity index (χ2n) is 3.81. The summed E-state index contributed by atoms with van der Waals surface area (Å²) < 4.78 is 2.09. The molecule has 1 aliphatic rings. The first-order valence-corrected chi connectivity index (χ1v) is 6.34. The van der Waals surface area contributed by atoms with Crippen molar-refractivity contribution in [2.75, 3.05) is 0 Å². The molecule has 0 saturated carbocycles. The van der Waals surface area contributed by atoms with Gasteiger partial charge in [-0.2, -0.15) is 0 Å². The molecule has 0 heterocycles. The Hall–Kier alpha value is -0.380. The Morgan fingerprint density at radius 2 is 1.73 bits per heavy atom. The average molecular weight is 328 g/mol. The molecule has 15 heavy (non-hydrogen) atoms. The van der Waals surface area contributed by atoms with Crippen LogP contribution in [0.15, 0.2) is 33.2 Å². The van der Waals surface area contributed by atoms with Gasteiger partial charge in [0.15, 0.2) is 0 Å². The van der Waals surface area contributed by atoms with Crippen LogP contribution in [-0.4, -0.2) is 5.11 Å². The molecule has 1 N–H and O–H groups in total. The lowest BCUT2D eigenvalue weighted by atomic mass is 10.1. The molecule has 2 aromatic rings. The highest BCUT2D eigenvalue weighted by atomic mass is 79.9. The van der Waals surface area contributed by atoms with Gasteiger partial charge in [0.25, 0.3) is 0 Å². The Bertz CT molecular complexity index is 558. The minimum atomic E-state index is -0.378. The van der Waals surface area contributed by atoms with Crippen molar-refractivity contribution in [3.8, 4) is 0 Å². The predicted octanol–water partition coefficient (Wildman–Crippen LogP) is 3.95. The summed E-state index contributed by atoms with van der Waals surface area (Å²) in [5.41, 5.74) is 2.25. The van der Waals surface area contributed by atoms with Crippen molar-refractivity contribution in [1.29, 1.82) is 0 Å². The lowest BCUT2D eigenvalue weighted by molar-refractivity contribution is 0.185. The summed E-state index contributed by atoms with van der Waals surface area (Å²) in [5.74, 6) is 0. The summed E-state index contributed by atoms with van der Waals surface area (Å²) >= 11 is 7.04. The van der Waals surface area contributed by atoms with Crippen molar-refractivity contribution in [1.82, 2.24) is 0 Å². The third-order valence-electron chi connectivity index (χ3n) is 2.95. The third kappa shape index (κ3) is 1.30. The molecule has 0 saturated heterocycles. The molecule has 2 aromatic carbocycles. The van der Waals surface area contributed by atoms with E-state index in [1.54, 1.807) is 0 Å². The van der Waals surface area contributed by atoms with E-state index >= 15 is 0 Å². The Labute approximate surface area is 104 Å². The number of aliphatic hydroxyl groups excluding tert-OH is 1. The summed E-state index contributed by atoms with van der Waals surface area (Å²) in [4.78, 5) is 0. The maximum atomic E-state index is 10.0. The van der Waals surface area contributed by atoms with Gasteiger partial charge in [0.2, 0.25) is 0 Å². The molecule has 0 radical (unpaired) electrons. The van der Waals surface area contributed by atoms with E-state index in [-0.39, 0.29) is 6.10 Å². The molecule has 0 aromatic heterocycles. The third-order valence-corrected chi connectivity index (χ3v) is 4.39. The average Bonchev–Trinajstić information content (AvgIpc) is 2.56. The molecule has 1 nitrogen and oxygen atoms in total. The van der Waals surface area contributed by atoms with E-state index in [0.29, 0.717) is 6.42 Å². The SMILES string of the molecule is OC1Cc2c(Br)ccc3ccc(Br)c1c23. The summed E-state index contributed by atoms with van der Waals surface area (Å²) in [6, 6.07) is 8.21. The molecule has 1 aliphatic carbocycles. The fourth-order valence-corrected chi connectivity index (χ4v) is 3.38. The molecule has 76 valence electrons. The van der Waals surface area contributed by atoms with E-state index in [1.807, 2.05) is 12.1 Å². The molecule has 0 spiro atoms. The standard InChI is InChI=1S/C12H8Br2O/c13-8-3-1-6-2-4-9(14)12-10(15)5-7(8)11(6)12/h1-4,10,15H,5H2. The van der Waals surface area contributed by atoms with Crippen LogP contribution in [0.3, 0.4) is 0 Å². The van der Waals surface area contributed by atoms with Gasteiger partial charge in [0, 0.05) is 20.9 Å². The molecule has 3 rings (SSSR count). The fourth-order valence-electron chi connectivity index (χ4n) is 2.29. The van der Waals surface area contributed by atoms with Gasteiger partial charge in [-0.1, -0.05) is 44.0 Å². The van der Waals surface area contributed by atoms with Gasteiger partial charge >= 0.3 is 0 Å². The summed E-state index contributed by atoms with van der Waals surface area (Å²) in [6.07, 6.45) is 0.326. The van der Waals surface area contributed by atoms with Crippen molar-refractivity contribution >= 4 is 42.6 Å². The number of hydrogen-bond donors (Lipinski definition) is 1. The zero-order chi connectivity index (χ0) is 10.6. The van der Waals surface area contributed by atoms with Crippen molar-refractivity contribution in [3.63, 3.8) is 0 Å². The zero-order valence-electron chi connectivity index (χ0n) is 7.80. The minimum Gasteiger partial charge on any atom is -0.388 e. The van der Waals surface area contributed by atoms with Crippen LogP contribution in [0, 0.1) is 0 Å². The van der Waals surface area contributed by atoms with Crippen LogP contribution < -0.4 is 0 Å². The van der Waals surface area contributed by atoms with Gasteiger partial charge in [0.1, 0.15) is 0 Å². The van der Waals surface area contributed by atoms with Crippen LogP contribution in [0.1, 0.15) is 17.2 Å². The summed E-state index contributed by atoms with van der Waals surface area (Å²) in [7, 11) is 0. The number of rotatable bonds is 0. The van der Waals surface area contributed by atoms with Crippen LogP contribution in [0.2, 0.25) is 0 Å². The summed E-state index contributed by atoms with van der Waals surface area (Å²) in [6.45, 7) is 0. The first-order valence-electron chi connectivity index (χ1n) is 4.76. The quantitative estimate of drug-likeness (QED) is 0.776. The van der Waals surface area contributed by atoms with Gasteiger partial charge in [0.05, 0.1) is 6.10 Å². The van der Waals surface area contributed by atoms with Crippen LogP contribution in [0.25, 0.3) is 10.8 Å². The van der Waals surface area contributed by atoms with E-state index in [4.69, 9.17) is 0 Å². The maximum Gasteiger partial charge on any atom is 0.0848 e. The Kier molecular flexibility index (Phi) is 2.16. The predicted molar refractivity (Wildman–Crippen MR) is 68.0 cm³/mol. The van der Waals surface area contributed by atoms with E-state index in [9.17, 15) is 5.11 Å². The van der Waals surface area contributed by atoms with Crippen LogP contribution in [-0.2, 0) is 6.42 Å². The first kappa shape index (κ1) is 9.82. The molecule has 1 atom stereocenters. The second kappa shape index (κ2) is 3.30. The maximum absolute atomic E-state index is 10.0. The highest BCUT2D eigenvalue weighted by molar-refractivity contribution is 9.10. The van der Waals surface area contributed by atoms with Crippen molar-refractivity contribution < 1.29 is 5.11 Å². The van der Waals surface area contributed by atoms with E-state index < -0.39 is 0 Å². The zero-order valence-corrected chi connectivity index (χ0v) is 11.0. The Balaban J connectivity index is 2.53. The number of hydrogen-bond acceptors (Lipinski definition) is 1. The first-order chi connectivity index (χ1) is 7.18. The molecule has 1 unspecified atom stereocenters.